The van der Waals surface area contributed by atoms with Gasteiger partial charge in [-0.2, -0.15) is 5.10 Å². The molecule has 0 aliphatic rings. The number of methoxy groups -OCH3 is 2. The monoisotopic (exact) mass is 415 g/mol. The van der Waals surface area contributed by atoms with Crippen molar-refractivity contribution >= 4 is 11.0 Å². The minimum absolute atomic E-state index is 0.0187. The Labute approximate surface area is 173 Å². The fourth-order valence-electron chi connectivity index (χ4n) is 2.84. The molecule has 1 aromatic heterocycles. The Morgan fingerprint density at radius 3 is 1.90 bits per heavy atom. The van der Waals surface area contributed by atoms with E-state index in [1.165, 1.54) is 0 Å². The molecule has 8 heteroatoms. The van der Waals surface area contributed by atoms with E-state index in [2.05, 4.69) is 5.10 Å². The Bertz CT molecular complexity index is 876. The fraction of sp³-hybridized carbons (Fsp3) is 0.286. The molecule has 0 saturated carbocycles. The zero-order chi connectivity index (χ0) is 20.6. The van der Waals surface area contributed by atoms with Crippen LogP contribution in [-0.4, -0.2) is 44.2 Å². The van der Waals surface area contributed by atoms with Gasteiger partial charge >= 0.3 is 0 Å². The second kappa shape index (κ2) is 10.2. The average Bonchev–Trinajstić information content (AvgIpc) is 3.23. The third-order valence-electron chi connectivity index (χ3n) is 4.39. The smallest absolute Gasteiger partial charge is 0.164 e. The largest absolute Gasteiger partial charge is 0.497 e. The molecule has 0 radical (unpaired) electrons. The number of hydrogen-bond donors (Lipinski definition) is 1. The minimum atomic E-state index is -1.46. The van der Waals surface area contributed by atoms with Crippen LogP contribution in [0, 0.1) is 0 Å². The highest BCUT2D eigenvalue weighted by atomic mass is 32.2. The van der Waals surface area contributed by atoms with E-state index in [9.17, 15) is 4.21 Å². The van der Waals surface area contributed by atoms with Crippen LogP contribution in [0.1, 0.15) is 11.1 Å². The van der Waals surface area contributed by atoms with Gasteiger partial charge in [-0.25, -0.2) is 8.51 Å². The minimum Gasteiger partial charge on any atom is -0.497 e. The van der Waals surface area contributed by atoms with Crippen molar-refractivity contribution in [1.29, 1.82) is 0 Å². The molecule has 0 saturated heterocycles. The first-order valence-corrected chi connectivity index (χ1v) is 10.3. The second-order valence-corrected chi connectivity index (χ2v) is 7.82. The zero-order valence-corrected chi connectivity index (χ0v) is 17.3. The van der Waals surface area contributed by atoms with E-state index in [1.807, 2.05) is 52.8 Å². The van der Waals surface area contributed by atoms with Crippen LogP contribution in [0.3, 0.4) is 0 Å². The second-order valence-electron chi connectivity index (χ2n) is 6.38. The molecule has 0 aliphatic carbocycles. The van der Waals surface area contributed by atoms with Gasteiger partial charge in [0.25, 0.3) is 0 Å². The molecular weight excluding hydrogens is 390 g/mol. The summed E-state index contributed by atoms with van der Waals surface area (Å²) in [6.07, 6.45) is 1.72. The molecule has 29 heavy (non-hydrogen) atoms. The first-order valence-electron chi connectivity index (χ1n) is 9.20. The molecule has 0 amide bonds. The van der Waals surface area contributed by atoms with E-state index < -0.39 is 11.0 Å². The van der Waals surface area contributed by atoms with Crippen LogP contribution in [0.5, 0.6) is 11.5 Å². The van der Waals surface area contributed by atoms with Gasteiger partial charge in [0.1, 0.15) is 22.5 Å². The third-order valence-corrected chi connectivity index (χ3v) is 5.70. The summed E-state index contributed by atoms with van der Waals surface area (Å²) in [6, 6.07) is 17.1. The van der Waals surface area contributed by atoms with E-state index >= 15 is 0 Å². The lowest BCUT2D eigenvalue weighted by Gasteiger charge is -2.20. The van der Waals surface area contributed by atoms with E-state index in [0.717, 1.165) is 22.6 Å². The number of benzene rings is 2. The lowest BCUT2D eigenvalue weighted by atomic mass is 10.2. The summed E-state index contributed by atoms with van der Waals surface area (Å²) in [5.74, 6) is 1.55. The number of ether oxygens (including phenoxy) is 2. The number of aromatic nitrogens is 2. The van der Waals surface area contributed by atoms with Crippen molar-refractivity contribution in [2.75, 3.05) is 20.8 Å². The molecule has 7 nitrogen and oxygen atoms in total. The Morgan fingerprint density at radius 1 is 0.931 bits per heavy atom. The summed E-state index contributed by atoms with van der Waals surface area (Å²) in [7, 11) is 1.79. The predicted octanol–water partition coefficient (Wildman–Crippen LogP) is 2.62. The summed E-state index contributed by atoms with van der Waals surface area (Å²) >= 11 is 0. The molecule has 154 valence electrons. The highest BCUT2D eigenvalue weighted by molar-refractivity contribution is 7.82. The maximum absolute atomic E-state index is 13.3. The van der Waals surface area contributed by atoms with Crippen molar-refractivity contribution in [3.8, 4) is 11.5 Å². The molecule has 3 aromatic rings. The average molecular weight is 416 g/mol. The van der Waals surface area contributed by atoms with Gasteiger partial charge in [0.15, 0.2) is 5.03 Å². The van der Waals surface area contributed by atoms with Crippen LogP contribution in [0.4, 0.5) is 0 Å². The summed E-state index contributed by atoms with van der Waals surface area (Å²) in [5.41, 5.74) is 2.03. The molecule has 1 heterocycles. The van der Waals surface area contributed by atoms with Crippen molar-refractivity contribution in [1.82, 2.24) is 14.1 Å². The molecule has 1 atom stereocenters. The summed E-state index contributed by atoms with van der Waals surface area (Å²) in [4.78, 5) is 0. The van der Waals surface area contributed by atoms with E-state index in [0.29, 0.717) is 24.7 Å². The number of nitrogens with zero attached hydrogens (tertiary/aromatic N) is 3. The topological polar surface area (TPSA) is 76.8 Å². The van der Waals surface area contributed by atoms with E-state index in [-0.39, 0.29) is 6.61 Å². The first-order chi connectivity index (χ1) is 14.1. The van der Waals surface area contributed by atoms with Crippen molar-refractivity contribution < 1.29 is 18.8 Å². The molecule has 0 aliphatic heterocycles. The fourth-order valence-corrected chi connectivity index (χ4v) is 3.99. The van der Waals surface area contributed by atoms with Crippen molar-refractivity contribution in [2.45, 2.75) is 24.7 Å². The van der Waals surface area contributed by atoms with Crippen LogP contribution in [0.15, 0.2) is 65.8 Å². The predicted molar refractivity (Wildman–Crippen MR) is 111 cm³/mol. The first kappa shape index (κ1) is 21.0. The Hall–Kier alpha value is -2.68. The number of aliphatic hydroxyl groups excluding tert-OH is 1. The Balaban J connectivity index is 1.82. The SMILES string of the molecule is COc1ccc(CN(Cc2ccc(OC)cc2)S(=O)c2ccn(CCO)n2)cc1. The van der Waals surface area contributed by atoms with Gasteiger partial charge in [-0.05, 0) is 41.5 Å². The normalized spacial score (nSPS) is 12.1. The number of hydrogen-bond acceptors (Lipinski definition) is 5. The molecule has 0 spiro atoms. The lowest BCUT2D eigenvalue weighted by Crippen LogP contribution is -2.26. The van der Waals surface area contributed by atoms with Crippen LogP contribution in [0.2, 0.25) is 0 Å². The molecule has 3 rings (SSSR count). The maximum Gasteiger partial charge on any atom is 0.164 e. The number of aliphatic hydroxyl groups is 1. The highest BCUT2D eigenvalue weighted by Gasteiger charge is 2.19. The zero-order valence-electron chi connectivity index (χ0n) is 16.5. The lowest BCUT2D eigenvalue weighted by molar-refractivity contribution is 0.268. The molecule has 0 bridgehead atoms. The van der Waals surface area contributed by atoms with Gasteiger partial charge < -0.3 is 14.6 Å². The van der Waals surface area contributed by atoms with Gasteiger partial charge in [0, 0.05) is 19.3 Å². The molecule has 1 unspecified atom stereocenters. The van der Waals surface area contributed by atoms with Crippen molar-refractivity contribution in [3.05, 3.63) is 71.9 Å². The summed E-state index contributed by atoms with van der Waals surface area (Å²) in [5, 5.41) is 13.9. The van der Waals surface area contributed by atoms with Crippen molar-refractivity contribution in [2.24, 2.45) is 0 Å². The van der Waals surface area contributed by atoms with Gasteiger partial charge in [0.2, 0.25) is 0 Å². The van der Waals surface area contributed by atoms with Crippen LogP contribution < -0.4 is 9.47 Å². The standard InChI is InChI=1S/C21H25N3O4S/c1-27-19-7-3-17(4-8-19)15-24(16-18-5-9-20(28-2)10-6-18)29(26)21-11-12-23(22-21)13-14-25/h3-12,25H,13-16H2,1-2H3. The van der Waals surface area contributed by atoms with E-state index in [1.54, 1.807) is 31.2 Å². The third kappa shape index (κ3) is 5.66. The molecular formula is C21H25N3O4S. The van der Waals surface area contributed by atoms with Crippen LogP contribution in [-0.2, 0) is 30.6 Å². The Morgan fingerprint density at radius 2 is 1.45 bits per heavy atom. The molecule has 1 N–H and O–H groups in total. The van der Waals surface area contributed by atoms with Crippen LogP contribution in [0.25, 0.3) is 0 Å². The van der Waals surface area contributed by atoms with Gasteiger partial charge in [-0.15, -0.1) is 0 Å². The van der Waals surface area contributed by atoms with Gasteiger partial charge in [-0.1, -0.05) is 24.3 Å². The van der Waals surface area contributed by atoms with Gasteiger partial charge in [0.05, 0.1) is 27.4 Å². The van der Waals surface area contributed by atoms with E-state index in [4.69, 9.17) is 14.6 Å². The van der Waals surface area contributed by atoms with Crippen LogP contribution >= 0.6 is 0 Å². The summed E-state index contributed by atoms with van der Waals surface area (Å²) < 4.78 is 27.1. The summed E-state index contributed by atoms with van der Waals surface area (Å²) in [6.45, 7) is 1.31. The molecule has 0 fully saturated rings. The quantitative estimate of drug-likeness (QED) is 0.551. The maximum atomic E-state index is 13.3. The number of rotatable bonds is 10. The highest BCUT2D eigenvalue weighted by Crippen LogP contribution is 2.20. The Kier molecular flexibility index (Phi) is 7.40. The molecule has 2 aromatic carbocycles. The van der Waals surface area contributed by atoms with Crippen molar-refractivity contribution in [3.63, 3.8) is 0 Å². The van der Waals surface area contributed by atoms with Gasteiger partial charge in [-0.3, -0.25) is 4.68 Å².